The first-order valence-electron chi connectivity index (χ1n) is 7.53. The molecule has 0 radical (unpaired) electrons. The van der Waals surface area contributed by atoms with Crippen molar-refractivity contribution in [1.29, 1.82) is 0 Å². The molecule has 2 N–H and O–H groups in total. The van der Waals surface area contributed by atoms with Crippen LogP contribution in [0.15, 0.2) is 28.4 Å². The maximum Gasteiger partial charge on any atom is 0.305 e. The van der Waals surface area contributed by atoms with E-state index in [9.17, 15) is 9.59 Å². The molecular formula is C16H19N3O4S. The summed E-state index contributed by atoms with van der Waals surface area (Å²) >= 11 is 1.07. The van der Waals surface area contributed by atoms with Crippen molar-refractivity contribution in [3.05, 3.63) is 29.3 Å². The lowest BCUT2D eigenvalue weighted by Gasteiger charge is -2.06. The van der Waals surface area contributed by atoms with Crippen molar-refractivity contribution in [1.82, 2.24) is 5.32 Å². The summed E-state index contributed by atoms with van der Waals surface area (Å²) in [6.07, 6.45) is 2.30. The number of carboxylic acid groups (broad SMARTS) is 1. The molecule has 128 valence electrons. The summed E-state index contributed by atoms with van der Waals surface area (Å²) in [4.78, 5) is 22.3. The normalized spacial score (nSPS) is 19.0. The topological polar surface area (TPSA) is 100 Å². The van der Waals surface area contributed by atoms with Gasteiger partial charge >= 0.3 is 5.97 Å². The SMILES string of the molecule is CCCOc1ccc(C=NN=C2NC(=O)C(CC(=O)O)S2)c(C)c1. The second kappa shape index (κ2) is 8.49. The van der Waals surface area contributed by atoms with Gasteiger partial charge in [-0.15, -0.1) is 5.10 Å². The third-order valence-electron chi connectivity index (χ3n) is 3.20. The molecule has 1 aliphatic heterocycles. The molecule has 1 unspecified atom stereocenters. The summed E-state index contributed by atoms with van der Waals surface area (Å²) in [5.74, 6) is -0.564. The molecular weight excluding hydrogens is 330 g/mol. The Balaban J connectivity index is 1.99. The standard InChI is InChI=1S/C16H19N3O4S/c1-3-6-23-12-5-4-11(10(2)7-12)9-17-19-16-18-15(22)13(24-16)8-14(20)21/h4-5,7,9,13H,3,6,8H2,1-2H3,(H,20,21)(H,18,19,22). The molecule has 0 aromatic heterocycles. The molecule has 1 amide bonds. The lowest BCUT2D eigenvalue weighted by molar-refractivity contribution is -0.138. The molecule has 1 aromatic carbocycles. The fraction of sp³-hybridized carbons (Fsp3) is 0.375. The van der Waals surface area contributed by atoms with Gasteiger partial charge in [0, 0.05) is 0 Å². The first-order chi connectivity index (χ1) is 11.5. The highest BCUT2D eigenvalue weighted by Gasteiger charge is 2.32. The van der Waals surface area contributed by atoms with Gasteiger partial charge < -0.3 is 15.2 Å². The molecule has 7 nitrogen and oxygen atoms in total. The number of carbonyl (C=O) groups excluding carboxylic acids is 1. The van der Waals surface area contributed by atoms with Gasteiger partial charge in [0.25, 0.3) is 0 Å². The molecule has 0 saturated carbocycles. The van der Waals surface area contributed by atoms with Gasteiger partial charge in [-0.3, -0.25) is 9.59 Å². The number of aliphatic carboxylic acids is 1. The van der Waals surface area contributed by atoms with Crippen LogP contribution in [-0.4, -0.2) is 40.2 Å². The molecule has 1 aliphatic rings. The third-order valence-corrected chi connectivity index (χ3v) is 4.27. The number of carboxylic acids is 1. The van der Waals surface area contributed by atoms with Crippen molar-refractivity contribution >= 4 is 35.0 Å². The number of carbonyl (C=O) groups is 2. The summed E-state index contributed by atoms with van der Waals surface area (Å²) in [5.41, 5.74) is 1.89. The summed E-state index contributed by atoms with van der Waals surface area (Å²) in [6, 6.07) is 5.68. The van der Waals surface area contributed by atoms with Crippen LogP contribution in [-0.2, 0) is 9.59 Å². The van der Waals surface area contributed by atoms with Gasteiger partial charge in [0.15, 0.2) is 5.17 Å². The molecule has 1 atom stereocenters. The van der Waals surface area contributed by atoms with Gasteiger partial charge in [-0.05, 0) is 42.7 Å². The van der Waals surface area contributed by atoms with Crippen LogP contribution in [0.3, 0.4) is 0 Å². The Labute approximate surface area is 144 Å². The molecule has 0 spiro atoms. The van der Waals surface area contributed by atoms with Crippen molar-refractivity contribution in [3.63, 3.8) is 0 Å². The summed E-state index contributed by atoms with van der Waals surface area (Å²) in [6.45, 7) is 4.67. The highest BCUT2D eigenvalue weighted by atomic mass is 32.2. The number of rotatable bonds is 7. The Morgan fingerprint density at radius 1 is 1.50 bits per heavy atom. The fourth-order valence-electron chi connectivity index (χ4n) is 1.99. The van der Waals surface area contributed by atoms with Gasteiger partial charge in [-0.1, -0.05) is 18.7 Å². The van der Waals surface area contributed by atoms with Gasteiger partial charge in [-0.2, -0.15) is 5.10 Å². The van der Waals surface area contributed by atoms with E-state index in [1.54, 1.807) is 6.21 Å². The zero-order valence-electron chi connectivity index (χ0n) is 13.5. The molecule has 1 saturated heterocycles. The Morgan fingerprint density at radius 3 is 2.96 bits per heavy atom. The Hall–Kier alpha value is -2.35. The van der Waals surface area contributed by atoms with E-state index in [0.29, 0.717) is 11.8 Å². The number of amides is 1. The first-order valence-corrected chi connectivity index (χ1v) is 8.41. The van der Waals surface area contributed by atoms with E-state index >= 15 is 0 Å². The van der Waals surface area contributed by atoms with E-state index in [0.717, 1.165) is 35.1 Å². The van der Waals surface area contributed by atoms with Crippen LogP contribution in [0.5, 0.6) is 5.75 Å². The fourth-order valence-corrected chi connectivity index (χ4v) is 2.91. The van der Waals surface area contributed by atoms with Crippen LogP contribution < -0.4 is 10.1 Å². The van der Waals surface area contributed by atoms with E-state index in [2.05, 4.69) is 15.5 Å². The predicted octanol–water partition coefficient (Wildman–Crippen LogP) is 2.18. The number of aryl methyl sites for hydroxylation is 1. The average molecular weight is 349 g/mol. The second-order valence-corrected chi connectivity index (χ2v) is 6.40. The van der Waals surface area contributed by atoms with E-state index in [4.69, 9.17) is 9.84 Å². The van der Waals surface area contributed by atoms with Gasteiger partial charge in [0.05, 0.1) is 19.2 Å². The molecule has 1 heterocycles. The quantitative estimate of drug-likeness (QED) is 0.580. The Kier molecular flexibility index (Phi) is 6.36. The minimum absolute atomic E-state index is 0.239. The predicted molar refractivity (Wildman–Crippen MR) is 93.8 cm³/mol. The number of amidine groups is 1. The number of ether oxygens (including phenoxy) is 1. The summed E-state index contributed by atoms with van der Waals surface area (Å²) in [5, 5.41) is 18.8. The van der Waals surface area contributed by atoms with Crippen molar-refractivity contribution in [2.45, 2.75) is 31.9 Å². The van der Waals surface area contributed by atoms with Crippen molar-refractivity contribution in [2.24, 2.45) is 10.2 Å². The monoisotopic (exact) mass is 349 g/mol. The highest BCUT2D eigenvalue weighted by Crippen LogP contribution is 2.22. The maximum atomic E-state index is 11.6. The lowest BCUT2D eigenvalue weighted by Crippen LogP contribution is -2.26. The van der Waals surface area contributed by atoms with Crippen LogP contribution >= 0.6 is 11.8 Å². The largest absolute Gasteiger partial charge is 0.494 e. The van der Waals surface area contributed by atoms with E-state index < -0.39 is 11.2 Å². The Morgan fingerprint density at radius 2 is 2.29 bits per heavy atom. The number of hydrogen-bond acceptors (Lipinski definition) is 6. The molecule has 1 fully saturated rings. The van der Waals surface area contributed by atoms with Gasteiger partial charge in [0.1, 0.15) is 11.0 Å². The number of nitrogens with one attached hydrogen (secondary N) is 1. The number of thioether (sulfide) groups is 1. The van der Waals surface area contributed by atoms with Gasteiger partial charge in [0.2, 0.25) is 5.91 Å². The van der Waals surface area contributed by atoms with Crippen LogP contribution in [0.1, 0.15) is 30.9 Å². The molecule has 1 aromatic rings. The average Bonchev–Trinajstić information content (AvgIpc) is 2.86. The van der Waals surface area contributed by atoms with Crippen LogP contribution in [0.4, 0.5) is 0 Å². The van der Waals surface area contributed by atoms with Crippen molar-refractivity contribution < 1.29 is 19.4 Å². The van der Waals surface area contributed by atoms with Crippen molar-refractivity contribution in [3.8, 4) is 5.75 Å². The minimum Gasteiger partial charge on any atom is -0.494 e. The zero-order chi connectivity index (χ0) is 17.5. The first kappa shape index (κ1) is 18.0. The summed E-state index contributed by atoms with van der Waals surface area (Å²) < 4.78 is 5.56. The van der Waals surface area contributed by atoms with E-state index in [-0.39, 0.29) is 12.3 Å². The molecule has 0 bridgehead atoms. The smallest absolute Gasteiger partial charge is 0.305 e. The molecule has 2 rings (SSSR count). The number of hydrogen-bond donors (Lipinski definition) is 2. The highest BCUT2D eigenvalue weighted by molar-refractivity contribution is 8.15. The molecule has 8 heteroatoms. The van der Waals surface area contributed by atoms with Crippen LogP contribution in [0, 0.1) is 6.92 Å². The Bertz CT molecular complexity index is 688. The van der Waals surface area contributed by atoms with Gasteiger partial charge in [-0.25, -0.2) is 0 Å². The minimum atomic E-state index is -1.02. The van der Waals surface area contributed by atoms with Crippen LogP contribution in [0.25, 0.3) is 0 Å². The second-order valence-electron chi connectivity index (χ2n) is 5.21. The van der Waals surface area contributed by atoms with E-state index in [1.807, 2.05) is 32.0 Å². The summed E-state index contributed by atoms with van der Waals surface area (Å²) in [7, 11) is 0. The maximum absolute atomic E-state index is 11.6. The van der Waals surface area contributed by atoms with Crippen molar-refractivity contribution in [2.75, 3.05) is 6.61 Å². The third kappa shape index (κ3) is 5.09. The molecule has 24 heavy (non-hydrogen) atoms. The zero-order valence-corrected chi connectivity index (χ0v) is 14.3. The molecule has 0 aliphatic carbocycles. The van der Waals surface area contributed by atoms with E-state index in [1.165, 1.54) is 0 Å². The number of nitrogens with zero attached hydrogens (tertiary/aromatic N) is 2. The number of benzene rings is 1. The lowest BCUT2D eigenvalue weighted by atomic mass is 10.1. The van der Waals surface area contributed by atoms with Crippen LogP contribution in [0.2, 0.25) is 0 Å².